The molecule has 1 aromatic heterocycles. The molecule has 0 fully saturated rings. The van der Waals surface area contributed by atoms with E-state index in [1.54, 1.807) is 25.1 Å². The van der Waals surface area contributed by atoms with Crippen LogP contribution in [0.5, 0.6) is 0 Å². The number of carboxylic acids is 1. The highest BCUT2D eigenvalue weighted by atomic mass is 16.4. The molecule has 0 saturated carbocycles. The Morgan fingerprint density at radius 2 is 2.06 bits per heavy atom. The second-order valence-electron chi connectivity index (χ2n) is 3.94. The molecule has 0 aliphatic carbocycles. The summed E-state index contributed by atoms with van der Waals surface area (Å²) in [6, 6.07) is 5.23. The third-order valence-electron chi connectivity index (χ3n) is 2.80. The number of fused-ring (bicyclic) bond motifs is 1. The van der Waals surface area contributed by atoms with Gasteiger partial charge in [0.2, 0.25) is 0 Å². The maximum absolute atomic E-state index is 11.2. The number of carboxylic acid groups (broad SMARTS) is 1. The van der Waals surface area contributed by atoms with Gasteiger partial charge < -0.3 is 10.2 Å². The van der Waals surface area contributed by atoms with Crippen LogP contribution in [0.15, 0.2) is 23.0 Å². The summed E-state index contributed by atoms with van der Waals surface area (Å²) in [6.07, 6.45) is -0.907. The first kappa shape index (κ1) is 12.3. The van der Waals surface area contributed by atoms with Crippen molar-refractivity contribution in [1.29, 1.82) is 0 Å². The molecular weight excluding hydrogens is 238 g/mol. The lowest BCUT2D eigenvalue weighted by molar-refractivity contribution is -0.146. The van der Waals surface area contributed by atoms with Crippen LogP contribution in [0, 0.1) is 0 Å². The molecule has 94 valence electrons. The molecule has 6 nitrogen and oxygen atoms in total. The topological polar surface area (TPSA) is 96.6 Å². The highest BCUT2D eigenvalue weighted by Gasteiger charge is 2.27. The summed E-state index contributed by atoms with van der Waals surface area (Å²) in [5, 5.41) is 16.8. The molecule has 1 unspecified atom stereocenters. The van der Waals surface area contributed by atoms with Crippen molar-refractivity contribution >= 4 is 22.8 Å². The van der Waals surface area contributed by atoms with E-state index < -0.39 is 12.1 Å². The number of carbonyl (C=O) groups excluding carboxylic acids is 1. The first-order valence-electron chi connectivity index (χ1n) is 5.41. The zero-order chi connectivity index (χ0) is 13.4. The lowest BCUT2D eigenvalue weighted by Gasteiger charge is -1.95. The van der Waals surface area contributed by atoms with E-state index in [-0.39, 0.29) is 17.9 Å². The third-order valence-corrected chi connectivity index (χ3v) is 2.80. The van der Waals surface area contributed by atoms with Crippen molar-refractivity contribution in [2.75, 3.05) is 0 Å². The van der Waals surface area contributed by atoms with Gasteiger partial charge in [-0.25, -0.2) is 9.36 Å². The standard InChI is InChI=1S/C8H3NO2.C4H8O3/c10-7-5-2-1-4-3-6(5)8(11)9(4)7;1-2-3(5)4(6)7/h1-3H;3,5H,2H2,1H3,(H,6,7). The van der Waals surface area contributed by atoms with Crippen LogP contribution >= 0.6 is 0 Å². The van der Waals surface area contributed by atoms with Gasteiger partial charge in [0.15, 0.2) is 6.10 Å². The van der Waals surface area contributed by atoms with Crippen LogP contribution in [0.1, 0.15) is 23.7 Å². The van der Waals surface area contributed by atoms with Crippen LogP contribution < -0.4 is 5.56 Å². The van der Waals surface area contributed by atoms with Crippen molar-refractivity contribution in [3.05, 3.63) is 34.1 Å². The van der Waals surface area contributed by atoms with E-state index in [4.69, 9.17) is 10.2 Å². The highest BCUT2D eigenvalue weighted by molar-refractivity contribution is 6.13. The quantitative estimate of drug-likeness (QED) is 0.680. The minimum absolute atomic E-state index is 0.162. The molecule has 2 aliphatic rings. The maximum atomic E-state index is 11.2. The number of aromatic nitrogens is 1. The molecular formula is C12H11NO5. The minimum Gasteiger partial charge on any atom is -0.479 e. The molecule has 2 aliphatic heterocycles. The zero-order valence-electron chi connectivity index (χ0n) is 9.58. The van der Waals surface area contributed by atoms with Gasteiger partial charge >= 0.3 is 5.97 Å². The molecule has 1 atom stereocenters. The number of benzene rings is 1. The lowest BCUT2D eigenvalue weighted by Crippen LogP contribution is -2.17. The van der Waals surface area contributed by atoms with E-state index in [9.17, 15) is 14.4 Å². The summed E-state index contributed by atoms with van der Waals surface area (Å²) in [7, 11) is 0. The number of aliphatic hydroxyl groups is 1. The molecule has 0 spiro atoms. The number of aliphatic carboxylic acids is 1. The van der Waals surface area contributed by atoms with E-state index in [1.165, 1.54) is 4.57 Å². The Balaban J connectivity index is 0.000000152. The molecule has 18 heavy (non-hydrogen) atoms. The molecule has 0 radical (unpaired) electrons. The molecule has 6 heteroatoms. The van der Waals surface area contributed by atoms with Gasteiger partial charge in [-0.05, 0) is 24.6 Å². The van der Waals surface area contributed by atoms with Crippen molar-refractivity contribution < 1.29 is 19.8 Å². The number of hydrogen-bond acceptors (Lipinski definition) is 4. The predicted octanol–water partition coefficient (Wildman–Crippen LogP) is 0.283. The average molecular weight is 249 g/mol. The molecule has 0 amide bonds. The Morgan fingerprint density at radius 1 is 1.39 bits per heavy atom. The number of hydrogen-bond donors (Lipinski definition) is 2. The third kappa shape index (κ3) is 1.67. The fourth-order valence-corrected chi connectivity index (χ4v) is 1.78. The summed E-state index contributed by atoms with van der Waals surface area (Å²) in [6.45, 7) is 1.61. The van der Waals surface area contributed by atoms with Gasteiger partial charge in [0, 0.05) is 0 Å². The number of aliphatic hydroxyl groups excluding tert-OH is 1. The molecule has 2 N–H and O–H groups in total. The predicted molar refractivity (Wildman–Crippen MR) is 63.1 cm³/mol. The van der Waals surface area contributed by atoms with E-state index >= 15 is 0 Å². The normalized spacial score (nSPS) is 13.8. The molecule has 1 aromatic carbocycles. The van der Waals surface area contributed by atoms with E-state index in [2.05, 4.69) is 0 Å². The average Bonchev–Trinajstić information content (AvgIpc) is 2.74. The Labute approximate surface area is 101 Å². The number of carbonyl (C=O) groups is 2. The van der Waals surface area contributed by atoms with Crippen LogP contribution in [0.3, 0.4) is 0 Å². The van der Waals surface area contributed by atoms with Gasteiger partial charge in [-0.2, -0.15) is 0 Å². The second-order valence-corrected chi connectivity index (χ2v) is 3.94. The summed E-state index contributed by atoms with van der Waals surface area (Å²) in [4.78, 5) is 32.1. The van der Waals surface area contributed by atoms with E-state index in [1.807, 2.05) is 0 Å². The maximum Gasteiger partial charge on any atom is 0.332 e. The fraction of sp³-hybridized carbons (Fsp3) is 0.250. The summed E-state index contributed by atoms with van der Waals surface area (Å²) in [5.74, 6) is -1.31. The monoisotopic (exact) mass is 249 g/mol. The van der Waals surface area contributed by atoms with E-state index in [0.29, 0.717) is 16.5 Å². The van der Waals surface area contributed by atoms with Gasteiger partial charge in [-0.1, -0.05) is 6.92 Å². The van der Waals surface area contributed by atoms with Crippen LogP contribution in [0.25, 0.3) is 10.9 Å². The summed E-state index contributed by atoms with van der Waals surface area (Å²) < 4.78 is 1.21. The van der Waals surface area contributed by atoms with Crippen LogP contribution in [-0.4, -0.2) is 32.8 Å². The van der Waals surface area contributed by atoms with Crippen molar-refractivity contribution in [1.82, 2.24) is 4.57 Å². The molecule has 0 saturated heterocycles. The molecule has 4 bridgehead atoms. The fourth-order valence-electron chi connectivity index (χ4n) is 1.78. The van der Waals surface area contributed by atoms with Gasteiger partial charge in [0.05, 0.1) is 16.5 Å². The molecule has 3 heterocycles. The Morgan fingerprint density at radius 3 is 2.33 bits per heavy atom. The Bertz CT molecular complexity index is 672. The molecule has 2 aromatic rings. The summed E-state index contributed by atoms with van der Waals surface area (Å²) >= 11 is 0. The van der Waals surface area contributed by atoms with Crippen molar-refractivity contribution in [3.8, 4) is 0 Å². The van der Waals surface area contributed by atoms with Crippen molar-refractivity contribution in [2.45, 2.75) is 19.4 Å². The van der Waals surface area contributed by atoms with Crippen molar-refractivity contribution in [3.63, 3.8) is 0 Å². The number of pyridine rings is 2. The zero-order valence-corrected chi connectivity index (χ0v) is 9.58. The Kier molecular flexibility index (Phi) is 2.88. The van der Waals surface area contributed by atoms with Gasteiger partial charge in [0.25, 0.3) is 11.5 Å². The Hall–Kier alpha value is -2.21. The molecule has 4 rings (SSSR count). The van der Waals surface area contributed by atoms with Crippen LogP contribution in [0.4, 0.5) is 0 Å². The van der Waals surface area contributed by atoms with Crippen LogP contribution in [-0.2, 0) is 4.79 Å². The first-order chi connectivity index (χ1) is 8.47. The van der Waals surface area contributed by atoms with Crippen LogP contribution in [0.2, 0.25) is 0 Å². The highest BCUT2D eigenvalue weighted by Crippen LogP contribution is 2.22. The SMILES string of the molecule is CCC(O)C(=O)O.O=C1c2cc3ccc2c(=O)n31. The van der Waals surface area contributed by atoms with Crippen molar-refractivity contribution in [2.24, 2.45) is 0 Å². The largest absolute Gasteiger partial charge is 0.479 e. The number of rotatable bonds is 2. The van der Waals surface area contributed by atoms with Gasteiger partial charge in [-0.15, -0.1) is 0 Å². The summed E-state index contributed by atoms with van der Waals surface area (Å²) in [5.41, 5.74) is 1.11. The minimum atomic E-state index is -1.18. The first-order valence-corrected chi connectivity index (χ1v) is 5.41. The van der Waals surface area contributed by atoms with E-state index in [0.717, 1.165) is 0 Å². The smallest absolute Gasteiger partial charge is 0.332 e. The number of nitrogens with zero attached hydrogens (tertiary/aromatic N) is 1. The second kappa shape index (κ2) is 4.23. The van der Waals surface area contributed by atoms with Gasteiger partial charge in [0.1, 0.15) is 0 Å². The lowest BCUT2D eigenvalue weighted by atomic mass is 10.2. The van der Waals surface area contributed by atoms with Gasteiger partial charge in [-0.3, -0.25) is 9.59 Å².